The molecular formula is C13H18. The normalized spacial score (nSPS) is 32.3. The molecule has 2 rings (SSSR count). The average molecular weight is 174 g/mol. The highest BCUT2D eigenvalue weighted by atomic mass is 14.2. The largest absolute Gasteiger partial charge is 0.0883 e. The van der Waals surface area contributed by atoms with E-state index in [1.54, 1.807) is 0 Å². The molecule has 0 saturated carbocycles. The van der Waals surface area contributed by atoms with Crippen LogP contribution >= 0.6 is 0 Å². The van der Waals surface area contributed by atoms with Gasteiger partial charge in [-0.25, -0.2) is 0 Å². The van der Waals surface area contributed by atoms with Crippen LogP contribution in [-0.2, 0) is 0 Å². The third-order valence-electron chi connectivity index (χ3n) is 3.03. The second-order valence-corrected chi connectivity index (χ2v) is 4.16. The minimum absolute atomic E-state index is 0.803. The lowest BCUT2D eigenvalue weighted by molar-refractivity contribution is 0.437. The van der Waals surface area contributed by atoms with Crippen LogP contribution in [0.25, 0.3) is 0 Å². The Morgan fingerprint density at radius 1 is 1.00 bits per heavy atom. The first-order chi connectivity index (χ1) is 6.45. The lowest BCUT2D eigenvalue weighted by Gasteiger charge is -2.21. The maximum absolute atomic E-state index is 2.43. The Bertz CT molecular complexity index is 232. The Labute approximate surface area is 81.0 Å². The third kappa shape index (κ3) is 2.58. The molecule has 0 N–H and O–H groups in total. The van der Waals surface area contributed by atoms with Crippen LogP contribution in [0.15, 0.2) is 36.5 Å². The number of allylic oxidation sites excluding steroid dienone is 6. The highest BCUT2D eigenvalue weighted by Gasteiger charge is 2.13. The van der Waals surface area contributed by atoms with Gasteiger partial charge in [-0.2, -0.15) is 0 Å². The molecule has 2 aliphatic rings. The summed E-state index contributed by atoms with van der Waals surface area (Å²) in [7, 11) is 0. The van der Waals surface area contributed by atoms with Crippen molar-refractivity contribution in [2.75, 3.05) is 0 Å². The van der Waals surface area contributed by atoms with E-state index >= 15 is 0 Å². The summed E-state index contributed by atoms with van der Waals surface area (Å²) in [5.41, 5.74) is 0. The Balaban J connectivity index is 1.83. The minimum Gasteiger partial charge on any atom is -0.0883 e. The van der Waals surface area contributed by atoms with E-state index in [0.717, 1.165) is 11.8 Å². The molecule has 0 aliphatic heterocycles. The van der Waals surface area contributed by atoms with E-state index in [-0.39, 0.29) is 0 Å². The van der Waals surface area contributed by atoms with Crippen LogP contribution < -0.4 is 0 Å². The van der Waals surface area contributed by atoms with E-state index in [9.17, 15) is 0 Å². The smallest absolute Gasteiger partial charge is 0.0190 e. The Hall–Kier alpha value is -0.780. The molecular weight excluding hydrogens is 156 g/mol. The van der Waals surface area contributed by atoms with E-state index in [0.29, 0.717) is 0 Å². The molecule has 2 aliphatic carbocycles. The molecule has 0 aromatic heterocycles. The Kier molecular flexibility index (Phi) is 3.02. The van der Waals surface area contributed by atoms with Crippen LogP contribution in [0.5, 0.6) is 0 Å². The number of hydrogen-bond donors (Lipinski definition) is 0. The van der Waals surface area contributed by atoms with Gasteiger partial charge in [-0.15, -0.1) is 0 Å². The van der Waals surface area contributed by atoms with Gasteiger partial charge in [-0.1, -0.05) is 36.5 Å². The van der Waals surface area contributed by atoms with Gasteiger partial charge >= 0.3 is 0 Å². The molecule has 0 heteroatoms. The summed E-state index contributed by atoms with van der Waals surface area (Å²) in [6, 6.07) is 0. The summed E-state index contributed by atoms with van der Waals surface area (Å²) in [6.07, 6.45) is 20.5. The van der Waals surface area contributed by atoms with Crippen molar-refractivity contribution in [1.29, 1.82) is 0 Å². The zero-order valence-corrected chi connectivity index (χ0v) is 8.15. The monoisotopic (exact) mass is 174 g/mol. The minimum atomic E-state index is 0.803. The molecule has 2 atom stereocenters. The molecule has 0 aromatic rings. The SMILES string of the molecule is C1=CCC(CC2C=CCCC2)C=C1. The van der Waals surface area contributed by atoms with Gasteiger partial charge in [-0.05, 0) is 43.9 Å². The lowest BCUT2D eigenvalue weighted by atomic mass is 9.85. The topological polar surface area (TPSA) is 0 Å². The lowest BCUT2D eigenvalue weighted by Crippen LogP contribution is -2.08. The Morgan fingerprint density at radius 3 is 2.69 bits per heavy atom. The maximum atomic E-state index is 2.43. The van der Waals surface area contributed by atoms with Crippen molar-refractivity contribution in [1.82, 2.24) is 0 Å². The quantitative estimate of drug-likeness (QED) is 0.557. The van der Waals surface area contributed by atoms with E-state index in [4.69, 9.17) is 0 Å². The third-order valence-corrected chi connectivity index (χ3v) is 3.03. The van der Waals surface area contributed by atoms with E-state index in [1.807, 2.05) is 0 Å². The van der Waals surface area contributed by atoms with Crippen LogP contribution in [0.3, 0.4) is 0 Å². The molecule has 0 bridgehead atoms. The van der Waals surface area contributed by atoms with Crippen molar-refractivity contribution in [2.45, 2.75) is 32.1 Å². The zero-order valence-electron chi connectivity index (χ0n) is 8.15. The summed E-state index contributed by atoms with van der Waals surface area (Å²) < 4.78 is 0. The van der Waals surface area contributed by atoms with Gasteiger partial charge in [0.1, 0.15) is 0 Å². The summed E-state index contributed by atoms with van der Waals surface area (Å²) in [4.78, 5) is 0. The molecule has 0 heterocycles. The molecule has 0 spiro atoms. The molecule has 13 heavy (non-hydrogen) atoms. The predicted octanol–water partition coefficient (Wildman–Crippen LogP) is 3.87. The number of rotatable bonds is 2. The van der Waals surface area contributed by atoms with Gasteiger partial charge in [0.15, 0.2) is 0 Å². The summed E-state index contributed by atoms with van der Waals surface area (Å²) in [5.74, 6) is 1.66. The van der Waals surface area contributed by atoms with Crippen molar-refractivity contribution >= 4 is 0 Å². The van der Waals surface area contributed by atoms with Crippen molar-refractivity contribution in [3.63, 3.8) is 0 Å². The highest BCUT2D eigenvalue weighted by molar-refractivity contribution is 5.11. The first kappa shape index (κ1) is 8.80. The van der Waals surface area contributed by atoms with Crippen LogP contribution in [0, 0.1) is 11.8 Å². The molecule has 0 fully saturated rings. The molecule has 70 valence electrons. The standard InChI is InChI=1S/C13H18/c1-3-7-12(8-4-1)11-13-9-5-2-6-10-13/h1,3-5,7,9,12-13H,2,6,8,10-11H2. The summed E-state index contributed by atoms with van der Waals surface area (Å²) in [5, 5.41) is 0. The first-order valence-corrected chi connectivity index (χ1v) is 5.45. The highest BCUT2D eigenvalue weighted by Crippen LogP contribution is 2.27. The molecule has 0 amide bonds. The van der Waals surface area contributed by atoms with Crippen LogP contribution in [0.1, 0.15) is 32.1 Å². The van der Waals surface area contributed by atoms with Crippen molar-refractivity contribution in [3.05, 3.63) is 36.5 Å². The van der Waals surface area contributed by atoms with Gasteiger partial charge in [0.2, 0.25) is 0 Å². The first-order valence-electron chi connectivity index (χ1n) is 5.45. The second kappa shape index (κ2) is 4.45. The number of hydrogen-bond acceptors (Lipinski definition) is 0. The molecule has 0 aromatic carbocycles. The second-order valence-electron chi connectivity index (χ2n) is 4.16. The molecule has 0 radical (unpaired) electrons. The van der Waals surface area contributed by atoms with Crippen molar-refractivity contribution in [2.24, 2.45) is 11.8 Å². The molecule has 0 saturated heterocycles. The van der Waals surface area contributed by atoms with Gasteiger partial charge in [0.25, 0.3) is 0 Å². The van der Waals surface area contributed by atoms with Gasteiger partial charge in [-0.3, -0.25) is 0 Å². The zero-order chi connectivity index (χ0) is 8.93. The predicted molar refractivity (Wildman–Crippen MR) is 57.5 cm³/mol. The molecule has 0 nitrogen and oxygen atoms in total. The van der Waals surface area contributed by atoms with Gasteiger partial charge in [0, 0.05) is 0 Å². The van der Waals surface area contributed by atoms with Crippen LogP contribution in [-0.4, -0.2) is 0 Å². The van der Waals surface area contributed by atoms with Crippen LogP contribution in [0.2, 0.25) is 0 Å². The van der Waals surface area contributed by atoms with Gasteiger partial charge in [0.05, 0.1) is 0 Å². The van der Waals surface area contributed by atoms with E-state index in [2.05, 4.69) is 36.5 Å². The fraction of sp³-hybridized carbons (Fsp3) is 0.538. The Morgan fingerprint density at radius 2 is 2.00 bits per heavy atom. The molecule has 2 unspecified atom stereocenters. The summed E-state index contributed by atoms with van der Waals surface area (Å²) in [6.45, 7) is 0. The summed E-state index contributed by atoms with van der Waals surface area (Å²) >= 11 is 0. The van der Waals surface area contributed by atoms with Gasteiger partial charge < -0.3 is 0 Å². The van der Waals surface area contributed by atoms with Crippen molar-refractivity contribution < 1.29 is 0 Å². The van der Waals surface area contributed by atoms with E-state index < -0.39 is 0 Å². The fourth-order valence-electron chi connectivity index (χ4n) is 2.27. The van der Waals surface area contributed by atoms with Crippen molar-refractivity contribution in [3.8, 4) is 0 Å². The van der Waals surface area contributed by atoms with Crippen LogP contribution in [0.4, 0.5) is 0 Å². The maximum Gasteiger partial charge on any atom is -0.0190 e. The fourth-order valence-corrected chi connectivity index (χ4v) is 2.27. The van der Waals surface area contributed by atoms with E-state index in [1.165, 1.54) is 32.1 Å². The average Bonchev–Trinajstić information content (AvgIpc) is 2.21.